The highest BCUT2D eigenvalue weighted by Gasteiger charge is 2.19. The molecule has 2 aromatic carbocycles. The Hall–Kier alpha value is -2.36. The molecule has 0 unspecified atom stereocenters. The molecule has 0 aliphatic heterocycles. The van der Waals surface area contributed by atoms with Crippen molar-refractivity contribution in [2.24, 2.45) is 0 Å². The first-order valence-electron chi connectivity index (χ1n) is 7.19. The highest BCUT2D eigenvalue weighted by Crippen LogP contribution is 2.30. The van der Waals surface area contributed by atoms with Gasteiger partial charge in [0.2, 0.25) is 0 Å². The molecule has 3 nitrogen and oxygen atoms in total. The van der Waals surface area contributed by atoms with Crippen molar-refractivity contribution in [2.45, 2.75) is 19.3 Å². The topological polar surface area (TPSA) is 35.5 Å². The van der Waals surface area contributed by atoms with E-state index in [1.807, 2.05) is 30.3 Å². The summed E-state index contributed by atoms with van der Waals surface area (Å²) in [5.74, 6) is -0.133. The Labute approximate surface area is 129 Å². The van der Waals surface area contributed by atoms with Crippen LogP contribution < -0.4 is 4.74 Å². The van der Waals surface area contributed by atoms with Crippen LogP contribution in [0.5, 0.6) is 5.75 Å². The molecule has 0 fully saturated rings. The minimum atomic E-state index is -0.320. The standard InChI is InChI=1S/C18H19FO3/c1-3-22-18(20)12-17(14-5-4-6-15(19)11-14)13-7-9-16(21-2)10-8-13/h4-11,17H,3,12H2,1-2H3/t17-/m1/s1. The average Bonchev–Trinajstić information content (AvgIpc) is 2.53. The maximum atomic E-state index is 13.5. The Morgan fingerprint density at radius 3 is 2.45 bits per heavy atom. The number of benzene rings is 2. The van der Waals surface area contributed by atoms with Crippen LogP contribution in [0.3, 0.4) is 0 Å². The Bertz CT molecular complexity index is 622. The summed E-state index contributed by atoms with van der Waals surface area (Å²) in [5.41, 5.74) is 1.66. The van der Waals surface area contributed by atoms with Crippen molar-refractivity contribution < 1.29 is 18.7 Å². The minimum Gasteiger partial charge on any atom is -0.497 e. The molecule has 2 rings (SSSR count). The van der Waals surface area contributed by atoms with Crippen LogP contribution in [0.15, 0.2) is 48.5 Å². The summed E-state index contributed by atoms with van der Waals surface area (Å²) in [5, 5.41) is 0. The third kappa shape index (κ3) is 4.07. The molecule has 0 bridgehead atoms. The summed E-state index contributed by atoms with van der Waals surface area (Å²) < 4.78 is 23.7. The third-order valence-electron chi connectivity index (χ3n) is 3.45. The zero-order chi connectivity index (χ0) is 15.9. The van der Waals surface area contributed by atoms with E-state index in [1.165, 1.54) is 12.1 Å². The highest BCUT2D eigenvalue weighted by molar-refractivity contribution is 5.71. The lowest BCUT2D eigenvalue weighted by Crippen LogP contribution is -2.12. The number of halogens is 1. The monoisotopic (exact) mass is 302 g/mol. The minimum absolute atomic E-state index is 0.170. The van der Waals surface area contributed by atoms with E-state index in [0.29, 0.717) is 6.61 Å². The number of carbonyl (C=O) groups is 1. The van der Waals surface area contributed by atoms with Crippen LogP contribution in [0.2, 0.25) is 0 Å². The van der Waals surface area contributed by atoms with Gasteiger partial charge in [-0.1, -0.05) is 24.3 Å². The molecular weight excluding hydrogens is 283 g/mol. The van der Waals surface area contributed by atoms with Crippen molar-refractivity contribution in [3.8, 4) is 5.75 Å². The molecule has 0 heterocycles. The van der Waals surface area contributed by atoms with E-state index < -0.39 is 0 Å². The number of methoxy groups -OCH3 is 1. The Morgan fingerprint density at radius 1 is 1.14 bits per heavy atom. The lowest BCUT2D eigenvalue weighted by atomic mass is 9.88. The first kappa shape index (κ1) is 16.0. The van der Waals surface area contributed by atoms with Crippen LogP contribution in [-0.2, 0) is 9.53 Å². The van der Waals surface area contributed by atoms with Crippen molar-refractivity contribution in [1.82, 2.24) is 0 Å². The van der Waals surface area contributed by atoms with Crippen LogP contribution in [0, 0.1) is 5.82 Å². The molecule has 0 radical (unpaired) electrons. The van der Waals surface area contributed by atoms with Crippen LogP contribution in [0.4, 0.5) is 4.39 Å². The molecule has 0 aromatic heterocycles. The van der Waals surface area contributed by atoms with E-state index in [9.17, 15) is 9.18 Å². The lowest BCUT2D eigenvalue weighted by Gasteiger charge is -2.17. The smallest absolute Gasteiger partial charge is 0.306 e. The normalized spacial score (nSPS) is 11.8. The van der Waals surface area contributed by atoms with E-state index in [0.717, 1.165) is 16.9 Å². The van der Waals surface area contributed by atoms with Crippen molar-refractivity contribution in [3.63, 3.8) is 0 Å². The SMILES string of the molecule is CCOC(=O)C[C@H](c1ccc(OC)cc1)c1cccc(F)c1. The van der Waals surface area contributed by atoms with Crippen LogP contribution >= 0.6 is 0 Å². The molecule has 0 saturated heterocycles. The number of hydrogen-bond donors (Lipinski definition) is 0. The number of hydrogen-bond acceptors (Lipinski definition) is 3. The Morgan fingerprint density at radius 2 is 1.86 bits per heavy atom. The lowest BCUT2D eigenvalue weighted by molar-refractivity contribution is -0.143. The van der Waals surface area contributed by atoms with Crippen molar-refractivity contribution in [1.29, 1.82) is 0 Å². The first-order chi connectivity index (χ1) is 10.6. The van der Waals surface area contributed by atoms with Gasteiger partial charge < -0.3 is 9.47 Å². The van der Waals surface area contributed by atoms with Crippen molar-refractivity contribution >= 4 is 5.97 Å². The summed E-state index contributed by atoms with van der Waals surface area (Å²) >= 11 is 0. The zero-order valence-corrected chi connectivity index (χ0v) is 12.7. The maximum Gasteiger partial charge on any atom is 0.306 e. The van der Waals surface area contributed by atoms with Gasteiger partial charge in [-0.05, 0) is 42.3 Å². The maximum absolute atomic E-state index is 13.5. The second-order valence-electron chi connectivity index (χ2n) is 4.89. The molecular formula is C18H19FO3. The third-order valence-corrected chi connectivity index (χ3v) is 3.45. The van der Waals surface area contributed by atoms with Crippen LogP contribution in [-0.4, -0.2) is 19.7 Å². The van der Waals surface area contributed by atoms with E-state index in [2.05, 4.69) is 0 Å². The van der Waals surface area contributed by atoms with Gasteiger partial charge in [-0.2, -0.15) is 0 Å². The largest absolute Gasteiger partial charge is 0.497 e. The molecule has 1 atom stereocenters. The van der Waals surface area contributed by atoms with E-state index >= 15 is 0 Å². The summed E-state index contributed by atoms with van der Waals surface area (Å²) in [6.45, 7) is 2.10. The van der Waals surface area contributed by atoms with Gasteiger partial charge in [0.25, 0.3) is 0 Å². The second kappa shape index (κ2) is 7.59. The predicted molar refractivity (Wildman–Crippen MR) is 82.5 cm³/mol. The Kier molecular flexibility index (Phi) is 5.53. The van der Waals surface area contributed by atoms with Crippen LogP contribution in [0.25, 0.3) is 0 Å². The molecule has 116 valence electrons. The zero-order valence-electron chi connectivity index (χ0n) is 12.7. The molecule has 0 spiro atoms. The first-order valence-corrected chi connectivity index (χ1v) is 7.19. The van der Waals surface area contributed by atoms with Crippen molar-refractivity contribution in [2.75, 3.05) is 13.7 Å². The summed E-state index contributed by atoms with van der Waals surface area (Å²) in [7, 11) is 1.59. The van der Waals surface area contributed by atoms with Gasteiger partial charge in [-0.25, -0.2) is 4.39 Å². The van der Waals surface area contributed by atoms with Gasteiger partial charge >= 0.3 is 5.97 Å². The fraction of sp³-hybridized carbons (Fsp3) is 0.278. The number of carbonyl (C=O) groups excluding carboxylic acids is 1. The highest BCUT2D eigenvalue weighted by atomic mass is 19.1. The summed E-state index contributed by atoms with van der Waals surface area (Å²) in [6.07, 6.45) is 0.170. The number of esters is 1. The number of rotatable bonds is 6. The van der Waals surface area contributed by atoms with E-state index in [4.69, 9.17) is 9.47 Å². The molecule has 22 heavy (non-hydrogen) atoms. The molecule has 0 amide bonds. The molecule has 0 saturated carbocycles. The van der Waals surface area contributed by atoms with Gasteiger partial charge in [0.1, 0.15) is 11.6 Å². The van der Waals surface area contributed by atoms with E-state index in [-0.39, 0.29) is 24.1 Å². The molecule has 2 aromatic rings. The molecule has 0 aliphatic carbocycles. The predicted octanol–water partition coefficient (Wildman–Crippen LogP) is 3.92. The summed E-state index contributed by atoms with van der Waals surface area (Å²) in [6, 6.07) is 13.7. The van der Waals surface area contributed by atoms with Gasteiger partial charge in [0, 0.05) is 5.92 Å². The van der Waals surface area contributed by atoms with Gasteiger partial charge in [-0.15, -0.1) is 0 Å². The summed E-state index contributed by atoms with van der Waals surface area (Å²) in [4.78, 5) is 11.9. The van der Waals surface area contributed by atoms with Crippen molar-refractivity contribution in [3.05, 3.63) is 65.5 Å². The quantitative estimate of drug-likeness (QED) is 0.759. The fourth-order valence-electron chi connectivity index (χ4n) is 2.37. The second-order valence-corrected chi connectivity index (χ2v) is 4.89. The van der Waals surface area contributed by atoms with Gasteiger partial charge in [0.15, 0.2) is 0 Å². The fourth-order valence-corrected chi connectivity index (χ4v) is 2.37. The molecule has 0 aliphatic rings. The van der Waals surface area contributed by atoms with E-state index in [1.54, 1.807) is 20.1 Å². The molecule has 4 heteroatoms. The van der Waals surface area contributed by atoms with Crippen LogP contribution in [0.1, 0.15) is 30.4 Å². The average molecular weight is 302 g/mol. The van der Waals surface area contributed by atoms with Gasteiger partial charge in [0.05, 0.1) is 20.1 Å². The number of ether oxygens (including phenoxy) is 2. The van der Waals surface area contributed by atoms with Gasteiger partial charge in [-0.3, -0.25) is 4.79 Å². The Balaban J connectivity index is 2.33. The molecule has 0 N–H and O–H groups in total.